The van der Waals surface area contributed by atoms with Crippen molar-refractivity contribution < 1.29 is 23.1 Å². The molecule has 7 heteroatoms. The molecule has 3 heterocycles. The quantitative estimate of drug-likeness (QED) is 0.583. The number of hydrogen-bond donors (Lipinski definition) is 0. The minimum atomic E-state index is -0.144. The number of likely N-dealkylation sites (tertiary alicyclic amines) is 1. The third-order valence-electron chi connectivity index (χ3n) is 6.43. The minimum absolute atomic E-state index is 0.0864. The van der Waals surface area contributed by atoms with E-state index in [1.54, 1.807) is 25.3 Å². The van der Waals surface area contributed by atoms with Gasteiger partial charge in [-0.25, -0.2) is 4.39 Å². The Morgan fingerprint density at radius 2 is 1.97 bits per heavy atom. The molecule has 1 aromatic heterocycles. The van der Waals surface area contributed by atoms with Crippen LogP contribution in [0, 0.1) is 11.7 Å². The van der Waals surface area contributed by atoms with Crippen molar-refractivity contribution in [3.63, 3.8) is 0 Å². The van der Waals surface area contributed by atoms with Crippen molar-refractivity contribution in [2.24, 2.45) is 5.92 Å². The van der Waals surface area contributed by atoms with E-state index in [1.807, 2.05) is 17.0 Å². The van der Waals surface area contributed by atoms with Crippen LogP contribution in [-0.4, -0.2) is 61.7 Å². The summed E-state index contributed by atoms with van der Waals surface area (Å²) in [5.74, 6) is 1.18. The van der Waals surface area contributed by atoms with E-state index in [2.05, 4.69) is 4.90 Å². The second-order valence-corrected chi connectivity index (χ2v) is 8.86. The van der Waals surface area contributed by atoms with Crippen molar-refractivity contribution in [3.05, 3.63) is 59.3 Å². The summed E-state index contributed by atoms with van der Waals surface area (Å²) in [6.07, 6.45) is 4.08. The lowest BCUT2D eigenvalue weighted by Crippen LogP contribution is -2.43. The SMILES string of the molecule is COCc1ccc(C(=O)N(CC2CCN(Cc3ccccc3F)CC2)C[C@H]2CCCO2)o1. The van der Waals surface area contributed by atoms with Crippen molar-refractivity contribution in [1.29, 1.82) is 0 Å². The molecule has 1 aromatic carbocycles. The van der Waals surface area contributed by atoms with Gasteiger partial charge in [-0.3, -0.25) is 9.69 Å². The Bertz CT molecular complexity index is 872. The minimum Gasteiger partial charge on any atom is -0.453 e. The van der Waals surface area contributed by atoms with Gasteiger partial charge in [0.25, 0.3) is 5.91 Å². The maximum Gasteiger partial charge on any atom is 0.289 e. The molecule has 4 rings (SSSR count). The summed E-state index contributed by atoms with van der Waals surface area (Å²) in [6, 6.07) is 10.5. The number of rotatable bonds is 9. The first-order valence-electron chi connectivity index (χ1n) is 11.6. The Balaban J connectivity index is 1.35. The number of furan rings is 1. The number of benzene rings is 1. The van der Waals surface area contributed by atoms with Crippen LogP contribution in [0.1, 0.15) is 47.6 Å². The summed E-state index contributed by atoms with van der Waals surface area (Å²) in [5, 5.41) is 0. The van der Waals surface area contributed by atoms with Crippen molar-refractivity contribution in [1.82, 2.24) is 9.80 Å². The molecule has 0 N–H and O–H groups in total. The van der Waals surface area contributed by atoms with Gasteiger partial charge in [-0.05, 0) is 62.9 Å². The van der Waals surface area contributed by atoms with E-state index in [0.29, 0.717) is 43.7 Å². The van der Waals surface area contributed by atoms with Gasteiger partial charge in [0.2, 0.25) is 0 Å². The number of nitrogens with zero attached hydrogens (tertiary/aromatic N) is 2. The van der Waals surface area contributed by atoms with Crippen LogP contribution < -0.4 is 0 Å². The maximum absolute atomic E-state index is 14.0. The van der Waals surface area contributed by atoms with E-state index in [0.717, 1.165) is 50.9 Å². The van der Waals surface area contributed by atoms with Gasteiger partial charge in [-0.15, -0.1) is 0 Å². The average molecular weight is 445 g/mol. The molecular formula is C25H33FN2O4. The summed E-state index contributed by atoms with van der Waals surface area (Å²) < 4.78 is 30.6. The van der Waals surface area contributed by atoms with E-state index in [1.165, 1.54) is 6.07 Å². The molecule has 1 atom stereocenters. The first-order chi connectivity index (χ1) is 15.6. The van der Waals surface area contributed by atoms with Gasteiger partial charge in [0, 0.05) is 38.9 Å². The summed E-state index contributed by atoms with van der Waals surface area (Å²) >= 11 is 0. The Morgan fingerprint density at radius 1 is 1.16 bits per heavy atom. The Hall–Kier alpha value is -2.22. The Kier molecular flexibility index (Phi) is 7.95. The van der Waals surface area contributed by atoms with Gasteiger partial charge >= 0.3 is 0 Å². The molecule has 2 aliphatic heterocycles. The highest BCUT2D eigenvalue weighted by Gasteiger charge is 2.29. The van der Waals surface area contributed by atoms with Crippen LogP contribution in [0.25, 0.3) is 0 Å². The zero-order valence-corrected chi connectivity index (χ0v) is 18.8. The molecule has 2 saturated heterocycles. The van der Waals surface area contributed by atoms with Crippen molar-refractivity contribution in [2.75, 3.05) is 39.9 Å². The first-order valence-corrected chi connectivity index (χ1v) is 11.6. The fraction of sp³-hybridized carbons (Fsp3) is 0.560. The van der Waals surface area contributed by atoms with Crippen molar-refractivity contribution in [2.45, 2.75) is 44.9 Å². The molecule has 32 heavy (non-hydrogen) atoms. The predicted octanol–water partition coefficient (Wildman–Crippen LogP) is 4.10. The third kappa shape index (κ3) is 5.97. The summed E-state index contributed by atoms with van der Waals surface area (Å²) in [6.45, 7) is 4.83. The molecular weight excluding hydrogens is 411 g/mol. The van der Waals surface area contributed by atoms with Gasteiger partial charge in [-0.2, -0.15) is 0 Å². The average Bonchev–Trinajstić information content (AvgIpc) is 3.48. The topological polar surface area (TPSA) is 55.2 Å². The van der Waals surface area contributed by atoms with Crippen LogP contribution in [0.3, 0.4) is 0 Å². The molecule has 0 bridgehead atoms. The summed E-state index contributed by atoms with van der Waals surface area (Å²) in [7, 11) is 1.60. The zero-order valence-electron chi connectivity index (χ0n) is 18.8. The maximum atomic E-state index is 14.0. The van der Waals surface area contributed by atoms with Gasteiger partial charge in [0.15, 0.2) is 5.76 Å². The lowest BCUT2D eigenvalue weighted by Gasteiger charge is -2.35. The molecule has 0 spiro atoms. The van der Waals surface area contributed by atoms with E-state index in [9.17, 15) is 9.18 Å². The summed E-state index contributed by atoms with van der Waals surface area (Å²) in [4.78, 5) is 17.5. The van der Waals surface area contributed by atoms with Crippen LogP contribution in [0.5, 0.6) is 0 Å². The molecule has 2 aliphatic rings. The fourth-order valence-electron chi connectivity index (χ4n) is 4.65. The highest BCUT2D eigenvalue weighted by Crippen LogP contribution is 2.24. The highest BCUT2D eigenvalue weighted by atomic mass is 19.1. The van der Waals surface area contributed by atoms with Crippen LogP contribution in [0.15, 0.2) is 40.8 Å². The van der Waals surface area contributed by atoms with Crippen LogP contribution >= 0.6 is 0 Å². The fourth-order valence-corrected chi connectivity index (χ4v) is 4.65. The number of amides is 1. The molecule has 0 saturated carbocycles. The van der Waals surface area contributed by atoms with Gasteiger partial charge < -0.3 is 18.8 Å². The number of ether oxygens (including phenoxy) is 2. The summed E-state index contributed by atoms with van der Waals surface area (Å²) in [5.41, 5.74) is 0.741. The number of hydrogen-bond acceptors (Lipinski definition) is 5. The van der Waals surface area contributed by atoms with Gasteiger partial charge in [0.05, 0.1) is 6.10 Å². The third-order valence-corrected chi connectivity index (χ3v) is 6.43. The van der Waals surface area contributed by atoms with E-state index >= 15 is 0 Å². The van der Waals surface area contributed by atoms with E-state index in [-0.39, 0.29) is 17.8 Å². The molecule has 6 nitrogen and oxygen atoms in total. The zero-order chi connectivity index (χ0) is 22.3. The number of carbonyl (C=O) groups is 1. The molecule has 0 aliphatic carbocycles. The molecule has 0 unspecified atom stereocenters. The number of piperidine rings is 1. The number of methoxy groups -OCH3 is 1. The van der Waals surface area contributed by atoms with Gasteiger partial charge in [0.1, 0.15) is 18.2 Å². The first kappa shape index (κ1) is 23.0. The van der Waals surface area contributed by atoms with Gasteiger partial charge in [-0.1, -0.05) is 18.2 Å². The normalized spacial score (nSPS) is 20.0. The van der Waals surface area contributed by atoms with Crippen LogP contribution in [0.2, 0.25) is 0 Å². The van der Waals surface area contributed by atoms with Crippen molar-refractivity contribution >= 4 is 5.91 Å². The lowest BCUT2D eigenvalue weighted by atomic mass is 9.95. The second-order valence-electron chi connectivity index (χ2n) is 8.86. The second kappa shape index (κ2) is 11.1. The number of halogens is 1. The smallest absolute Gasteiger partial charge is 0.289 e. The van der Waals surface area contributed by atoms with E-state index in [4.69, 9.17) is 13.9 Å². The lowest BCUT2D eigenvalue weighted by molar-refractivity contribution is 0.0418. The molecule has 1 amide bonds. The molecule has 0 radical (unpaired) electrons. The monoisotopic (exact) mass is 444 g/mol. The highest BCUT2D eigenvalue weighted by molar-refractivity contribution is 5.91. The van der Waals surface area contributed by atoms with E-state index < -0.39 is 0 Å². The molecule has 2 aromatic rings. The number of carbonyl (C=O) groups excluding carboxylic acids is 1. The Morgan fingerprint density at radius 3 is 2.69 bits per heavy atom. The standard InChI is InChI=1S/C25H33FN2O4/c1-30-18-22-8-9-24(32-22)25(29)28(17-21-6-4-14-31-21)15-19-10-12-27(13-11-19)16-20-5-2-3-7-23(20)26/h2-3,5,7-9,19,21H,4,6,10-18H2,1H3/t21-/m1/s1. The molecule has 174 valence electrons. The Labute approximate surface area is 189 Å². The van der Waals surface area contributed by atoms with Crippen LogP contribution in [0.4, 0.5) is 4.39 Å². The predicted molar refractivity (Wildman–Crippen MR) is 119 cm³/mol. The van der Waals surface area contributed by atoms with Crippen molar-refractivity contribution in [3.8, 4) is 0 Å². The largest absolute Gasteiger partial charge is 0.453 e. The van der Waals surface area contributed by atoms with Crippen LogP contribution in [-0.2, 0) is 22.6 Å². The molecule has 2 fully saturated rings.